The maximum Gasteiger partial charge on any atom is 0.284 e. The fraction of sp³-hybridized carbons (Fsp3) is 0.125. The summed E-state index contributed by atoms with van der Waals surface area (Å²) in [7, 11) is 0. The molecule has 0 spiro atoms. The molecule has 0 aliphatic carbocycles. The number of thiophene rings is 1. The van der Waals surface area contributed by atoms with Crippen LogP contribution in [-0.2, 0) is 0 Å². The largest absolute Gasteiger partial charge is 0.333 e. The summed E-state index contributed by atoms with van der Waals surface area (Å²) in [6.07, 6.45) is 0. The number of carbonyl (C=O) groups excluding carboxylic acids is 1. The van der Waals surface area contributed by atoms with Gasteiger partial charge in [-0.3, -0.25) is 10.0 Å². The van der Waals surface area contributed by atoms with Gasteiger partial charge in [-0.2, -0.15) is 4.98 Å². The summed E-state index contributed by atoms with van der Waals surface area (Å²) in [5.41, 5.74) is 1.56. The number of hydrogen-bond donors (Lipinski definition) is 2. The first-order valence-electron chi connectivity index (χ1n) is 4.05. The van der Waals surface area contributed by atoms with E-state index in [0.717, 1.165) is 11.3 Å². The Bertz CT molecular complexity index is 491. The molecule has 2 N–H and O–H groups in total. The van der Waals surface area contributed by atoms with Crippen molar-refractivity contribution in [3.63, 3.8) is 0 Å². The molecule has 2 rings (SSSR count). The molecule has 1 amide bonds. The predicted molar refractivity (Wildman–Crippen MR) is 51.6 cm³/mol. The minimum Gasteiger partial charge on any atom is -0.333 e. The van der Waals surface area contributed by atoms with E-state index >= 15 is 0 Å². The van der Waals surface area contributed by atoms with Crippen LogP contribution in [-0.4, -0.2) is 21.3 Å². The van der Waals surface area contributed by atoms with Gasteiger partial charge >= 0.3 is 0 Å². The molecule has 0 fully saturated rings. The lowest BCUT2D eigenvalue weighted by Crippen LogP contribution is -2.16. The Morgan fingerprint density at radius 1 is 1.60 bits per heavy atom. The van der Waals surface area contributed by atoms with Gasteiger partial charge < -0.3 is 4.52 Å². The Morgan fingerprint density at radius 3 is 3.00 bits per heavy atom. The van der Waals surface area contributed by atoms with Crippen LogP contribution in [0.1, 0.15) is 15.5 Å². The van der Waals surface area contributed by atoms with Crippen LogP contribution in [0.2, 0.25) is 0 Å². The molecule has 78 valence electrons. The molecule has 0 bridgehead atoms. The average molecular weight is 225 g/mol. The van der Waals surface area contributed by atoms with Crippen LogP contribution < -0.4 is 5.48 Å². The summed E-state index contributed by atoms with van der Waals surface area (Å²) in [5.74, 6) is 0.350. The second-order valence-electron chi connectivity index (χ2n) is 2.75. The first-order valence-corrected chi connectivity index (χ1v) is 4.87. The first kappa shape index (κ1) is 9.81. The number of nitrogens with zero attached hydrogens (tertiary/aromatic N) is 2. The molecule has 7 heteroatoms. The lowest BCUT2D eigenvalue weighted by atomic mass is 10.4. The number of rotatable bonds is 2. The van der Waals surface area contributed by atoms with E-state index in [0.29, 0.717) is 21.5 Å². The van der Waals surface area contributed by atoms with Crippen LogP contribution >= 0.6 is 11.3 Å². The van der Waals surface area contributed by atoms with E-state index in [1.165, 1.54) is 0 Å². The number of aromatic nitrogens is 2. The van der Waals surface area contributed by atoms with Crippen molar-refractivity contribution in [3.8, 4) is 10.8 Å². The third-order valence-corrected chi connectivity index (χ3v) is 2.74. The van der Waals surface area contributed by atoms with E-state index in [4.69, 9.17) is 9.73 Å². The summed E-state index contributed by atoms with van der Waals surface area (Å²) < 4.78 is 4.93. The Morgan fingerprint density at radius 2 is 2.40 bits per heavy atom. The second-order valence-corrected chi connectivity index (χ2v) is 3.84. The number of amides is 1. The standard InChI is InChI=1S/C8H7N3O3S/c1-4-9-8(14-11-4)6-3-2-5(15-6)7(12)10-13/h2-3,13H,1H3,(H,10,12). The molecule has 2 aromatic heterocycles. The topological polar surface area (TPSA) is 88.2 Å². The van der Waals surface area contributed by atoms with E-state index in [1.807, 2.05) is 0 Å². The minimum atomic E-state index is -0.553. The number of hydrogen-bond acceptors (Lipinski definition) is 6. The van der Waals surface area contributed by atoms with Crippen LogP contribution in [0.3, 0.4) is 0 Å². The number of carbonyl (C=O) groups is 1. The number of nitrogens with one attached hydrogen (secondary N) is 1. The quantitative estimate of drug-likeness (QED) is 0.592. The van der Waals surface area contributed by atoms with Crippen molar-refractivity contribution >= 4 is 17.2 Å². The molecule has 15 heavy (non-hydrogen) atoms. The van der Waals surface area contributed by atoms with Crippen molar-refractivity contribution in [2.45, 2.75) is 6.92 Å². The fourth-order valence-corrected chi connectivity index (χ4v) is 1.84. The Balaban J connectivity index is 2.31. The fourth-order valence-electron chi connectivity index (χ4n) is 1.03. The number of aryl methyl sites for hydroxylation is 1. The van der Waals surface area contributed by atoms with Gasteiger partial charge in [0, 0.05) is 0 Å². The van der Waals surface area contributed by atoms with Crippen molar-refractivity contribution < 1.29 is 14.5 Å². The van der Waals surface area contributed by atoms with Crippen LogP contribution in [0.15, 0.2) is 16.7 Å². The first-order chi connectivity index (χ1) is 7.20. The molecular formula is C8H7N3O3S. The SMILES string of the molecule is Cc1noc(-c2ccc(C(=O)NO)s2)n1. The molecular weight excluding hydrogens is 218 g/mol. The molecule has 0 saturated carbocycles. The Hall–Kier alpha value is -1.73. The maximum absolute atomic E-state index is 11.0. The second kappa shape index (κ2) is 3.79. The van der Waals surface area contributed by atoms with Gasteiger partial charge in [0.25, 0.3) is 11.8 Å². The highest BCUT2D eigenvalue weighted by molar-refractivity contribution is 7.17. The van der Waals surface area contributed by atoms with E-state index < -0.39 is 5.91 Å². The summed E-state index contributed by atoms with van der Waals surface area (Å²) in [6.45, 7) is 1.71. The Labute approximate surface area is 88.5 Å². The normalized spacial score (nSPS) is 10.3. The molecule has 0 aliphatic rings. The zero-order valence-electron chi connectivity index (χ0n) is 7.72. The van der Waals surface area contributed by atoms with Gasteiger partial charge in [-0.25, -0.2) is 5.48 Å². The summed E-state index contributed by atoms with van der Waals surface area (Å²) in [4.78, 5) is 16.1. The maximum atomic E-state index is 11.0. The highest BCUT2D eigenvalue weighted by Gasteiger charge is 2.13. The van der Waals surface area contributed by atoms with Crippen molar-refractivity contribution in [3.05, 3.63) is 22.8 Å². The molecule has 2 aromatic rings. The van der Waals surface area contributed by atoms with Gasteiger partial charge in [-0.05, 0) is 19.1 Å². The molecule has 0 aliphatic heterocycles. The van der Waals surface area contributed by atoms with E-state index in [-0.39, 0.29) is 0 Å². The monoisotopic (exact) mass is 225 g/mol. The van der Waals surface area contributed by atoms with Gasteiger partial charge in [-0.15, -0.1) is 11.3 Å². The van der Waals surface area contributed by atoms with Gasteiger partial charge in [-0.1, -0.05) is 5.16 Å². The molecule has 0 atom stereocenters. The zero-order valence-corrected chi connectivity index (χ0v) is 8.54. The molecule has 0 saturated heterocycles. The zero-order chi connectivity index (χ0) is 10.8. The molecule has 0 aromatic carbocycles. The lowest BCUT2D eigenvalue weighted by molar-refractivity contribution is 0.0711. The van der Waals surface area contributed by atoms with Crippen LogP contribution in [0.4, 0.5) is 0 Å². The van der Waals surface area contributed by atoms with Crippen molar-refractivity contribution in [2.75, 3.05) is 0 Å². The van der Waals surface area contributed by atoms with Gasteiger partial charge in [0.15, 0.2) is 5.82 Å². The summed E-state index contributed by atoms with van der Waals surface area (Å²) in [6, 6.07) is 3.26. The third kappa shape index (κ3) is 1.88. The molecule has 0 radical (unpaired) electrons. The molecule has 2 heterocycles. The van der Waals surface area contributed by atoms with Crippen molar-refractivity contribution in [1.82, 2.24) is 15.6 Å². The average Bonchev–Trinajstić information content (AvgIpc) is 2.84. The summed E-state index contributed by atoms with van der Waals surface area (Å²) >= 11 is 1.16. The van der Waals surface area contributed by atoms with E-state index in [1.54, 1.807) is 24.5 Å². The predicted octanol–water partition coefficient (Wildman–Crippen LogP) is 1.23. The van der Waals surface area contributed by atoms with Crippen LogP contribution in [0.25, 0.3) is 10.8 Å². The molecule has 0 unspecified atom stereocenters. The van der Waals surface area contributed by atoms with E-state index in [2.05, 4.69) is 10.1 Å². The van der Waals surface area contributed by atoms with Crippen molar-refractivity contribution in [1.29, 1.82) is 0 Å². The van der Waals surface area contributed by atoms with Crippen LogP contribution in [0, 0.1) is 6.92 Å². The molecule has 6 nitrogen and oxygen atoms in total. The Kier molecular flexibility index (Phi) is 2.48. The highest BCUT2D eigenvalue weighted by atomic mass is 32.1. The highest BCUT2D eigenvalue weighted by Crippen LogP contribution is 2.26. The minimum absolute atomic E-state index is 0.370. The van der Waals surface area contributed by atoms with E-state index in [9.17, 15) is 4.79 Å². The summed E-state index contributed by atoms with van der Waals surface area (Å²) in [5, 5.41) is 12.1. The van der Waals surface area contributed by atoms with Crippen molar-refractivity contribution in [2.24, 2.45) is 0 Å². The smallest absolute Gasteiger partial charge is 0.284 e. The van der Waals surface area contributed by atoms with Gasteiger partial charge in [0.1, 0.15) is 0 Å². The van der Waals surface area contributed by atoms with Gasteiger partial charge in [0.05, 0.1) is 9.75 Å². The van der Waals surface area contributed by atoms with Crippen LogP contribution in [0.5, 0.6) is 0 Å². The third-order valence-electron chi connectivity index (χ3n) is 1.67. The lowest BCUT2D eigenvalue weighted by Gasteiger charge is -1.90. The number of hydroxylamine groups is 1. The van der Waals surface area contributed by atoms with Gasteiger partial charge in [0.2, 0.25) is 0 Å².